The van der Waals surface area contributed by atoms with Gasteiger partial charge < -0.3 is 10.0 Å². The van der Waals surface area contributed by atoms with Crippen LogP contribution in [0.1, 0.15) is 71.6 Å². The molecule has 0 aromatic rings. The predicted molar refractivity (Wildman–Crippen MR) is 80.3 cm³/mol. The fraction of sp³-hybridized carbons (Fsp3) is 0.938. The summed E-state index contributed by atoms with van der Waals surface area (Å²) in [4.78, 5) is 14.8. The molecule has 0 spiro atoms. The summed E-state index contributed by atoms with van der Waals surface area (Å²) in [5.74, 6) is 0.304. The fourth-order valence-corrected chi connectivity index (χ4v) is 3.60. The van der Waals surface area contributed by atoms with Crippen LogP contribution in [0.2, 0.25) is 0 Å². The normalized spacial score (nSPS) is 34.8. The Hall–Kier alpha value is -0.610. The van der Waals surface area contributed by atoms with Gasteiger partial charge in [0.1, 0.15) is 0 Å². The van der Waals surface area contributed by atoms with Gasteiger partial charge in [-0.1, -0.05) is 33.1 Å². The average molecular weight is 282 g/mol. The molecule has 2 rings (SSSR count). The number of carbonyl (C=O) groups excluding carboxylic acids is 1. The van der Waals surface area contributed by atoms with E-state index in [1.54, 1.807) is 0 Å². The molecule has 1 aliphatic heterocycles. The van der Waals surface area contributed by atoms with Crippen molar-refractivity contribution in [3.8, 4) is 0 Å². The number of rotatable bonds is 6. The Kier molecular flexibility index (Phi) is 5.85. The first-order chi connectivity index (χ1) is 9.67. The van der Waals surface area contributed by atoms with Crippen molar-refractivity contribution in [2.75, 3.05) is 0 Å². The van der Waals surface area contributed by atoms with Crippen molar-refractivity contribution in [1.82, 2.24) is 10.2 Å². The second-order valence-electron chi connectivity index (χ2n) is 6.37. The SMILES string of the molecule is CCCCC1NC(CCC)N(C2CCC(O)CC2)C1=O. The largest absolute Gasteiger partial charge is 0.393 e. The third kappa shape index (κ3) is 3.53. The summed E-state index contributed by atoms with van der Waals surface area (Å²) in [6.07, 6.45) is 8.99. The second-order valence-corrected chi connectivity index (χ2v) is 6.37. The Balaban J connectivity index is 2.01. The van der Waals surface area contributed by atoms with E-state index in [4.69, 9.17) is 0 Å². The van der Waals surface area contributed by atoms with Gasteiger partial charge in [-0.25, -0.2) is 0 Å². The number of unbranched alkanes of at least 4 members (excludes halogenated alkanes) is 1. The van der Waals surface area contributed by atoms with Gasteiger partial charge in [0.25, 0.3) is 0 Å². The maximum Gasteiger partial charge on any atom is 0.241 e. The van der Waals surface area contributed by atoms with Crippen LogP contribution in [0.3, 0.4) is 0 Å². The van der Waals surface area contributed by atoms with Crippen LogP contribution in [0.4, 0.5) is 0 Å². The van der Waals surface area contributed by atoms with Crippen molar-refractivity contribution >= 4 is 5.91 Å². The molecule has 2 unspecified atom stereocenters. The summed E-state index contributed by atoms with van der Waals surface area (Å²) in [6, 6.07) is 0.361. The van der Waals surface area contributed by atoms with Gasteiger partial charge in [-0.3, -0.25) is 10.1 Å². The summed E-state index contributed by atoms with van der Waals surface area (Å²) < 4.78 is 0. The van der Waals surface area contributed by atoms with E-state index in [1.165, 1.54) is 0 Å². The van der Waals surface area contributed by atoms with Crippen LogP contribution in [0.25, 0.3) is 0 Å². The molecule has 116 valence electrons. The minimum absolute atomic E-state index is 0.0262. The lowest BCUT2D eigenvalue weighted by molar-refractivity contribution is -0.133. The molecule has 1 heterocycles. The molecule has 0 aromatic carbocycles. The highest BCUT2D eigenvalue weighted by Crippen LogP contribution is 2.29. The maximum absolute atomic E-state index is 12.7. The Morgan fingerprint density at radius 2 is 1.85 bits per heavy atom. The van der Waals surface area contributed by atoms with Crippen molar-refractivity contribution in [1.29, 1.82) is 0 Å². The number of amides is 1. The van der Waals surface area contributed by atoms with Crippen LogP contribution in [0.15, 0.2) is 0 Å². The number of nitrogens with zero attached hydrogens (tertiary/aromatic N) is 1. The zero-order valence-corrected chi connectivity index (χ0v) is 13.0. The van der Waals surface area contributed by atoms with Crippen LogP contribution >= 0.6 is 0 Å². The lowest BCUT2D eigenvalue weighted by atomic mass is 9.91. The van der Waals surface area contributed by atoms with Crippen LogP contribution in [0, 0.1) is 0 Å². The van der Waals surface area contributed by atoms with Gasteiger partial charge in [-0.2, -0.15) is 0 Å². The lowest BCUT2D eigenvalue weighted by Gasteiger charge is -2.36. The van der Waals surface area contributed by atoms with Gasteiger partial charge in [-0.15, -0.1) is 0 Å². The molecule has 1 amide bonds. The molecule has 20 heavy (non-hydrogen) atoms. The smallest absolute Gasteiger partial charge is 0.241 e. The monoisotopic (exact) mass is 282 g/mol. The minimum atomic E-state index is -0.155. The van der Waals surface area contributed by atoms with Gasteiger partial charge in [0, 0.05) is 6.04 Å². The molecular formula is C16H30N2O2. The molecule has 0 bridgehead atoms. The zero-order chi connectivity index (χ0) is 14.5. The molecule has 1 saturated carbocycles. The molecule has 2 atom stereocenters. The number of aliphatic hydroxyl groups excluding tert-OH is 1. The molecule has 1 saturated heterocycles. The molecule has 4 nitrogen and oxygen atoms in total. The maximum atomic E-state index is 12.7. The topological polar surface area (TPSA) is 52.6 Å². The standard InChI is InChI=1S/C16H30N2O2/c1-3-5-7-14-16(20)18(15(17-14)6-4-2)12-8-10-13(19)11-9-12/h12-15,17,19H,3-11H2,1-2H3. The third-order valence-corrected chi connectivity index (χ3v) is 4.75. The van der Waals surface area contributed by atoms with Crippen LogP contribution in [-0.2, 0) is 4.79 Å². The third-order valence-electron chi connectivity index (χ3n) is 4.75. The lowest BCUT2D eigenvalue weighted by Crippen LogP contribution is -2.46. The van der Waals surface area contributed by atoms with Gasteiger partial charge >= 0.3 is 0 Å². The molecule has 4 heteroatoms. The van der Waals surface area contributed by atoms with E-state index in [-0.39, 0.29) is 18.3 Å². The number of nitrogens with one attached hydrogen (secondary N) is 1. The van der Waals surface area contributed by atoms with Crippen molar-refractivity contribution in [3.63, 3.8) is 0 Å². The quantitative estimate of drug-likeness (QED) is 0.786. The number of hydrogen-bond acceptors (Lipinski definition) is 3. The Morgan fingerprint density at radius 3 is 2.45 bits per heavy atom. The van der Waals surface area contributed by atoms with E-state index in [2.05, 4.69) is 24.1 Å². The highest BCUT2D eigenvalue weighted by atomic mass is 16.3. The van der Waals surface area contributed by atoms with Crippen molar-refractivity contribution < 1.29 is 9.90 Å². The number of carbonyl (C=O) groups is 1. The van der Waals surface area contributed by atoms with E-state index in [1.807, 2.05) is 0 Å². The van der Waals surface area contributed by atoms with E-state index < -0.39 is 0 Å². The van der Waals surface area contributed by atoms with E-state index in [0.29, 0.717) is 11.9 Å². The number of aliphatic hydroxyl groups is 1. The summed E-state index contributed by atoms with van der Waals surface area (Å²) in [5, 5.41) is 13.2. The summed E-state index contributed by atoms with van der Waals surface area (Å²) in [5.41, 5.74) is 0. The predicted octanol–water partition coefficient (Wildman–Crippen LogP) is 2.41. The van der Waals surface area contributed by atoms with Crippen LogP contribution < -0.4 is 5.32 Å². The zero-order valence-electron chi connectivity index (χ0n) is 13.0. The van der Waals surface area contributed by atoms with Crippen molar-refractivity contribution in [2.24, 2.45) is 0 Å². The number of hydrogen-bond donors (Lipinski definition) is 2. The summed E-state index contributed by atoms with van der Waals surface area (Å²) in [7, 11) is 0. The Bertz CT molecular complexity index is 314. The first kappa shape index (κ1) is 15.8. The Labute approximate surface area is 122 Å². The first-order valence-corrected chi connectivity index (χ1v) is 8.43. The second kappa shape index (κ2) is 7.41. The van der Waals surface area contributed by atoms with Crippen LogP contribution in [-0.4, -0.2) is 40.3 Å². The minimum Gasteiger partial charge on any atom is -0.393 e. The van der Waals surface area contributed by atoms with Crippen LogP contribution in [0.5, 0.6) is 0 Å². The summed E-state index contributed by atoms with van der Waals surface area (Å²) in [6.45, 7) is 4.34. The molecular weight excluding hydrogens is 252 g/mol. The highest BCUT2D eigenvalue weighted by Gasteiger charge is 2.42. The molecule has 1 aliphatic carbocycles. The van der Waals surface area contributed by atoms with Crippen molar-refractivity contribution in [3.05, 3.63) is 0 Å². The van der Waals surface area contributed by atoms with Crippen molar-refractivity contribution in [2.45, 2.75) is 96.0 Å². The van der Waals surface area contributed by atoms with Gasteiger partial charge in [0.05, 0.1) is 18.3 Å². The molecule has 2 fully saturated rings. The van der Waals surface area contributed by atoms with Gasteiger partial charge in [0.15, 0.2) is 0 Å². The average Bonchev–Trinajstić information content (AvgIpc) is 2.74. The molecule has 2 aliphatic rings. The fourth-order valence-electron chi connectivity index (χ4n) is 3.60. The van der Waals surface area contributed by atoms with E-state index >= 15 is 0 Å². The molecule has 0 aromatic heterocycles. The Morgan fingerprint density at radius 1 is 1.15 bits per heavy atom. The summed E-state index contributed by atoms with van der Waals surface area (Å²) >= 11 is 0. The first-order valence-electron chi connectivity index (χ1n) is 8.43. The van der Waals surface area contributed by atoms with Gasteiger partial charge in [-0.05, 0) is 38.5 Å². The highest BCUT2D eigenvalue weighted by molar-refractivity contribution is 5.84. The molecule has 2 N–H and O–H groups in total. The van der Waals surface area contributed by atoms with E-state index in [0.717, 1.165) is 57.8 Å². The molecule has 0 radical (unpaired) electrons. The van der Waals surface area contributed by atoms with Gasteiger partial charge in [0.2, 0.25) is 5.91 Å². The van der Waals surface area contributed by atoms with E-state index in [9.17, 15) is 9.90 Å².